The van der Waals surface area contributed by atoms with Crippen LogP contribution in [0.4, 0.5) is 0 Å². The van der Waals surface area contributed by atoms with Crippen molar-refractivity contribution >= 4 is 54.9 Å². The fourth-order valence-electron chi connectivity index (χ4n) is 6.32. The highest BCUT2D eigenvalue weighted by molar-refractivity contribution is 6.26. The molecule has 4 heterocycles. The van der Waals surface area contributed by atoms with Crippen molar-refractivity contribution in [3.8, 4) is 22.8 Å². The van der Waals surface area contributed by atoms with E-state index in [1.807, 2.05) is 18.2 Å². The third-order valence-corrected chi connectivity index (χ3v) is 8.04. The summed E-state index contributed by atoms with van der Waals surface area (Å²) in [6.45, 7) is 0. The number of aromatic nitrogens is 6. The Hall–Kier alpha value is -5.88. The Bertz CT molecular complexity index is 2460. The molecule has 0 aliphatic heterocycles. The lowest BCUT2D eigenvalue weighted by atomic mass is 10.1. The van der Waals surface area contributed by atoms with Gasteiger partial charge in [-0.1, -0.05) is 91.0 Å². The van der Waals surface area contributed by atoms with Gasteiger partial charge in [0, 0.05) is 45.2 Å². The Morgan fingerprint density at radius 3 is 1.83 bits per heavy atom. The number of fused-ring (bicyclic) bond motifs is 8. The number of benzene rings is 5. The predicted octanol–water partition coefficient (Wildman–Crippen LogP) is 8.28. The summed E-state index contributed by atoms with van der Waals surface area (Å²) in [5, 5.41) is 4.67. The van der Waals surface area contributed by atoms with Crippen LogP contribution in [-0.4, -0.2) is 29.1 Å². The Kier molecular flexibility index (Phi) is 4.80. The summed E-state index contributed by atoms with van der Waals surface area (Å²) in [5.41, 5.74) is 8.32. The molecule has 0 radical (unpaired) electrons. The van der Waals surface area contributed by atoms with E-state index in [1.165, 1.54) is 10.8 Å². The minimum absolute atomic E-state index is 0.511. The van der Waals surface area contributed by atoms with Gasteiger partial charge in [0.2, 0.25) is 0 Å². The highest BCUT2D eigenvalue weighted by atomic mass is 15.1. The monoisotopic (exact) mass is 538 g/mol. The largest absolute Gasteiger partial charge is 0.309 e. The molecule has 9 rings (SSSR count). The van der Waals surface area contributed by atoms with Gasteiger partial charge in [0.15, 0.2) is 17.1 Å². The molecule has 0 aliphatic rings. The molecule has 0 fully saturated rings. The first-order valence-corrected chi connectivity index (χ1v) is 13.9. The van der Waals surface area contributed by atoms with E-state index in [9.17, 15) is 0 Å². The average molecular weight is 539 g/mol. The van der Waals surface area contributed by atoms with E-state index in [2.05, 4.69) is 122 Å². The highest BCUT2D eigenvalue weighted by Gasteiger charge is 2.24. The van der Waals surface area contributed by atoms with Crippen LogP contribution < -0.4 is 0 Å². The van der Waals surface area contributed by atoms with Gasteiger partial charge in [-0.25, -0.2) is 19.9 Å². The average Bonchev–Trinajstić information content (AvgIpc) is 3.58. The maximum Gasteiger partial charge on any atom is 0.199 e. The van der Waals surface area contributed by atoms with Crippen molar-refractivity contribution < 1.29 is 0 Å². The molecule has 0 aliphatic carbocycles. The maximum atomic E-state index is 5.17. The summed E-state index contributed by atoms with van der Waals surface area (Å²) in [6.07, 6.45) is 3.33. The topological polar surface area (TPSA) is 61.4 Å². The second-order valence-corrected chi connectivity index (χ2v) is 10.4. The lowest BCUT2D eigenvalue weighted by molar-refractivity contribution is 1.05. The van der Waals surface area contributed by atoms with Gasteiger partial charge in [-0.15, -0.1) is 0 Å². The molecule has 0 atom stereocenters. The zero-order chi connectivity index (χ0) is 27.6. The molecule has 0 spiro atoms. The minimum atomic E-state index is 0.511. The van der Waals surface area contributed by atoms with E-state index in [4.69, 9.17) is 9.97 Å². The number of hydrogen-bond donors (Lipinski definition) is 0. The Morgan fingerprint density at radius 1 is 0.452 bits per heavy atom. The standard InChI is InChI=1S/C36H22N6/c1-3-11-23(12-4-1)32-36(40-35-34(39-32)37-21-22-38-35)42-28-17-9-7-15-25(28)26-19-20-30-31(33(26)42)27-16-8-10-18-29(27)41(30)24-13-5-2-6-14-24/h1-22H. The molecule has 0 N–H and O–H groups in total. The van der Waals surface area contributed by atoms with Crippen LogP contribution in [0.25, 0.3) is 77.7 Å². The number of hydrogen-bond acceptors (Lipinski definition) is 4. The second kappa shape index (κ2) is 8.81. The molecule has 0 saturated heterocycles. The first kappa shape index (κ1) is 22.9. The second-order valence-electron chi connectivity index (χ2n) is 10.4. The molecule has 0 unspecified atom stereocenters. The van der Waals surface area contributed by atoms with Crippen LogP contribution in [0, 0.1) is 0 Å². The normalized spacial score (nSPS) is 11.8. The van der Waals surface area contributed by atoms with Gasteiger partial charge in [-0.2, -0.15) is 0 Å². The predicted molar refractivity (Wildman–Crippen MR) is 169 cm³/mol. The summed E-state index contributed by atoms with van der Waals surface area (Å²) in [4.78, 5) is 19.3. The lowest BCUT2D eigenvalue weighted by Crippen LogP contribution is -2.05. The molecule has 42 heavy (non-hydrogen) atoms. The van der Waals surface area contributed by atoms with Crippen molar-refractivity contribution in [1.29, 1.82) is 0 Å². The van der Waals surface area contributed by atoms with Crippen LogP contribution >= 0.6 is 0 Å². The van der Waals surface area contributed by atoms with Gasteiger partial charge in [0.1, 0.15) is 5.69 Å². The van der Waals surface area contributed by atoms with E-state index in [-0.39, 0.29) is 0 Å². The molecule has 6 nitrogen and oxygen atoms in total. The summed E-state index contributed by atoms with van der Waals surface area (Å²) in [5.74, 6) is 0.726. The first-order chi connectivity index (χ1) is 20.9. The zero-order valence-electron chi connectivity index (χ0n) is 22.4. The van der Waals surface area contributed by atoms with Crippen LogP contribution in [0.2, 0.25) is 0 Å². The van der Waals surface area contributed by atoms with E-state index in [1.54, 1.807) is 12.4 Å². The van der Waals surface area contributed by atoms with Crippen molar-refractivity contribution in [2.45, 2.75) is 0 Å². The Balaban J connectivity index is 1.52. The fourth-order valence-corrected chi connectivity index (χ4v) is 6.32. The third kappa shape index (κ3) is 3.20. The highest BCUT2D eigenvalue weighted by Crippen LogP contribution is 2.42. The van der Waals surface area contributed by atoms with Crippen LogP contribution in [0.1, 0.15) is 0 Å². The summed E-state index contributed by atoms with van der Waals surface area (Å²) >= 11 is 0. The number of nitrogens with zero attached hydrogens (tertiary/aromatic N) is 6. The summed E-state index contributed by atoms with van der Waals surface area (Å²) < 4.78 is 4.62. The summed E-state index contributed by atoms with van der Waals surface area (Å²) in [6, 6.07) is 42.4. The van der Waals surface area contributed by atoms with Crippen molar-refractivity contribution in [2.24, 2.45) is 0 Å². The molecule has 0 amide bonds. The van der Waals surface area contributed by atoms with E-state index in [0.29, 0.717) is 11.3 Å². The number of para-hydroxylation sites is 3. The molecule has 5 aromatic carbocycles. The van der Waals surface area contributed by atoms with Gasteiger partial charge in [0.25, 0.3) is 0 Å². The van der Waals surface area contributed by atoms with E-state index in [0.717, 1.165) is 55.6 Å². The molecule has 0 bridgehead atoms. The van der Waals surface area contributed by atoms with Crippen molar-refractivity contribution in [2.75, 3.05) is 0 Å². The van der Waals surface area contributed by atoms with E-state index < -0.39 is 0 Å². The molecule has 4 aromatic heterocycles. The van der Waals surface area contributed by atoms with Gasteiger partial charge in [-0.05, 0) is 30.3 Å². The van der Waals surface area contributed by atoms with E-state index >= 15 is 0 Å². The molecule has 9 aromatic rings. The minimum Gasteiger partial charge on any atom is -0.309 e. The van der Waals surface area contributed by atoms with Crippen LogP contribution in [0.3, 0.4) is 0 Å². The van der Waals surface area contributed by atoms with Crippen LogP contribution in [-0.2, 0) is 0 Å². The molecule has 6 heteroatoms. The lowest BCUT2D eigenvalue weighted by Gasteiger charge is -2.13. The van der Waals surface area contributed by atoms with Gasteiger partial charge in [0.05, 0.1) is 22.1 Å². The quantitative estimate of drug-likeness (QED) is 0.227. The Labute approximate surface area is 240 Å². The van der Waals surface area contributed by atoms with Crippen LogP contribution in [0.5, 0.6) is 0 Å². The van der Waals surface area contributed by atoms with Crippen molar-refractivity contribution in [1.82, 2.24) is 29.1 Å². The zero-order valence-corrected chi connectivity index (χ0v) is 22.4. The summed E-state index contributed by atoms with van der Waals surface area (Å²) in [7, 11) is 0. The molecule has 0 saturated carbocycles. The first-order valence-electron chi connectivity index (χ1n) is 13.9. The van der Waals surface area contributed by atoms with Gasteiger partial charge in [-0.3, -0.25) is 4.57 Å². The SMILES string of the molecule is c1ccc(-c2nc3nccnc3nc2-n2c3ccccc3c3ccc4c(c5ccccc5n4-c4ccccc4)c32)cc1. The maximum absolute atomic E-state index is 5.17. The Morgan fingerprint density at radius 2 is 1.07 bits per heavy atom. The van der Waals surface area contributed by atoms with Crippen molar-refractivity contribution in [3.63, 3.8) is 0 Å². The van der Waals surface area contributed by atoms with Gasteiger partial charge < -0.3 is 4.57 Å². The van der Waals surface area contributed by atoms with Crippen LogP contribution in [0.15, 0.2) is 134 Å². The molecular formula is C36H22N6. The smallest absolute Gasteiger partial charge is 0.199 e. The molecular weight excluding hydrogens is 516 g/mol. The van der Waals surface area contributed by atoms with Crippen molar-refractivity contribution in [3.05, 3.63) is 134 Å². The fraction of sp³-hybridized carbons (Fsp3) is 0. The number of rotatable bonds is 3. The third-order valence-electron chi connectivity index (χ3n) is 8.04. The molecule has 196 valence electrons. The van der Waals surface area contributed by atoms with Gasteiger partial charge >= 0.3 is 0 Å².